The highest BCUT2D eigenvalue weighted by Gasteiger charge is 2.30. The molecule has 76 valence electrons. The largest absolute Gasteiger partial charge is 0.481 e. The van der Waals surface area contributed by atoms with Crippen molar-refractivity contribution in [3.63, 3.8) is 0 Å². The van der Waals surface area contributed by atoms with Crippen molar-refractivity contribution in [3.05, 3.63) is 0 Å². The second-order valence-electron chi connectivity index (χ2n) is 3.44. The van der Waals surface area contributed by atoms with Crippen LogP contribution in [-0.4, -0.2) is 28.2 Å². The summed E-state index contributed by atoms with van der Waals surface area (Å²) in [6.45, 7) is 3.65. The van der Waals surface area contributed by atoms with Crippen LogP contribution >= 0.6 is 0 Å². The Morgan fingerprint density at radius 3 is 1.92 bits per heavy atom. The van der Waals surface area contributed by atoms with Gasteiger partial charge in [-0.25, -0.2) is 0 Å². The van der Waals surface area contributed by atoms with Gasteiger partial charge in [0.05, 0.1) is 5.92 Å². The molecule has 0 fully saturated rings. The molecule has 0 amide bonds. The van der Waals surface area contributed by atoms with Crippen molar-refractivity contribution < 1.29 is 19.8 Å². The third-order valence-electron chi connectivity index (χ3n) is 1.76. The number of rotatable bonds is 5. The molecule has 2 atom stereocenters. The van der Waals surface area contributed by atoms with Crippen molar-refractivity contribution in [2.24, 2.45) is 17.6 Å². The van der Waals surface area contributed by atoms with Gasteiger partial charge in [0.15, 0.2) is 0 Å². The molecule has 0 spiro atoms. The first kappa shape index (κ1) is 11.9. The molecule has 5 heteroatoms. The molecular formula is C8H15NO4. The summed E-state index contributed by atoms with van der Waals surface area (Å²) in [6, 6.07) is -1.32. The lowest BCUT2D eigenvalue weighted by atomic mass is 9.91. The van der Waals surface area contributed by atoms with Crippen molar-refractivity contribution in [1.29, 1.82) is 0 Å². The van der Waals surface area contributed by atoms with Gasteiger partial charge in [-0.05, 0) is 12.3 Å². The van der Waals surface area contributed by atoms with Crippen molar-refractivity contribution in [2.75, 3.05) is 0 Å². The fourth-order valence-electron chi connectivity index (χ4n) is 1.08. The van der Waals surface area contributed by atoms with Crippen LogP contribution in [0, 0.1) is 11.8 Å². The summed E-state index contributed by atoms with van der Waals surface area (Å²) in [5.74, 6) is -3.30. The highest BCUT2D eigenvalue weighted by molar-refractivity contribution is 5.82. The van der Waals surface area contributed by atoms with Gasteiger partial charge < -0.3 is 15.9 Å². The van der Waals surface area contributed by atoms with Gasteiger partial charge in [0.25, 0.3) is 0 Å². The van der Waals surface area contributed by atoms with Crippen LogP contribution in [0.2, 0.25) is 0 Å². The number of carbonyl (C=O) groups is 2. The molecule has 0 radical (unpaired) electrons. The van der Waals surface area contributed by atoms with Gasteiger partial charge in [0.1, 0.15) is 6.04 Å². The molecule has 0 aromatic carbocycles. The number of carboxylic acid groups (broad SMARTS) is 2. The second-order valence-corrected chi connectivity index (χ2v) is 3.44. The van der Waals surface area contributed by atoms with Crippen LogP contribution in [0.3, 0.4) is 0 Å². The Balaban J connectivity index is 4.42. The van der Waals surface area contributed by atoms with Gasteiger partial charge in [-0.15, -0.1) is 0 Å². The number of carboxylic acids is 2. The Morgan fingerprint density at radius 2 is 1.69 bits per heavy atom. The minimum absolute atomic E-state index is 0.117. The van der Waals surface area contributed by atoms with E-state index in [1.165, 1.54) is 0 Å². The van der Waals surface area contributed by atoms with Gasteiger partial charge in [0.2, 0.25) is 0 Å². The average molecular weight is 189 g/mol. The lowest BCUT2D eigenvalue weighted by molar-refractivity contribution is -0.150. The molecule has 0 aliphatic heterocycles. The third kappa shape index (κ3) is 3.89. The first-order valence-electron chi connectivity index (χ1n) is 4.07. The van der Waals surface area contributed by atoms with E-state index >= 15 is 0 Å². The number of aliphatic carboxylic acids is 2. The molecule has 0 aliphatic rings. The van der Waals surface area contributed by atoms with E-state index in [1.54, 1.807) is 0 Å². The van der Waals surface area contributed by atoms with Crippen LogP contribution in [-0.2, 0) is 9.59 Å². The van der Waals surface area contributed by atoms with E-state index in [9.17, 15) is 9.59 Å². The first-order valence-corrected chi connectivity index (χ1v) is 4.07. The molecule has 13 heavy (non-hydrogen) atoms. The molecule has 0 saturated heterocycles. The zero-order valence-corrected chi connectivity index (χ0v) is 7.73. The molecule has 0 saturated carbocycles. The monoisotopic (exact) mass is 189 g/mol. The van der Waals surface area contributed by atoms with Gasteiger partial charge in [-0.2, -0.15) is 0 Å². The SMILES string of the molecule is CC(C)C[C@@H](C(=O)O)[C@@H](N)C(=O)O. The van der Waals surface area contributed by atoms with E-state index in [0.29, 0.717) is 0 Å². The summed E-state index contributed by atoms with van der Waals surface area (Å²) in [7, 11) is 0. The highest BCUT2D eigenvalue weighted by atomic mass is 16.4. The van der Waals surface area contributed by atoms with E-state index in [2.05, 4.69) is 0 Å². The van der Waals surface area contributed by atoms with Gasteiger partial charge in [0, 0.05) is 0 Å². The minimum atomic E-state index is -1.32. The van der Waals surface area contributed by atoms with Crippen molar-refractivity contribution in [3.8, 4) is 0 Å². The van der Waals surface area contributed by atoms with Crippen LogP contribution in [0.15, 0.2) is 0 Å². The van der Waals surface area contributed by atoms with Crippen LogP contribution in [0.25, 0.3) is 0 Å². The zero-order chi connectivity index (χ0) is 10.6. The third-order valence-corrected chi connectivity index (χ3v) is 1.76. The second kappa shape index (κ2) is 4.81. The Labute approximate surface area is 76.5 Å². The first-order chi connectivity index (χ1) is 5.86. The Hall–Kier alpha value is -1.10. The van der Waals surface area contributed by atoms with Crippen molar-refractivity contribution in [2.45, 2.75) is 26.3 Å². The van der Waals surface area contributed by atoms with Crippen molar-refractivity contribution in [1.82, 2.24) is 0 Å². The molecule has 0 aliphatic carbocycles. The zero-order valence-electron chi connectivity index (χ0n) is 7.73. The summed E-state index contributed by atoms with van der Waals surface area (Å²) in [5, 5.41) is 17.2. The molecule has 0 aromatic heterocycles. The molecule has 0 heterocycles. The van der Waals surface area contributed by atoms with Crippen molar-refractivity contribution >= 4 is 11.9 Å². The lowest BCUT2D eigenvalue weighted by Crippen LogP contribution is -2.42. The summed E-state index contributed by atoms with van der Waals surface area (Å²) in [5.41, 5.74) is 5.23. The van der Waals surface area contributed by atoms with E-state index in [-0.39, 0.29) is 12.3 Å². The van der Waals surface area contributed by atoms with E-state index < -0.39 is 23.9 Å². The van der Waals surface area contributed by atoms with Crippen LogP contribution in [0.1, 0.15) is 20.3 Å². The predicted octanol–water partition coefficient (Wildman–Crippen LogP) is 0.145. The summed E-state index contributed by atoms with van der Waals surface area (Å²) in [4.78, 5) is 21.1. The van der Waals surface area contributed by atoms with E-state index in [1.807, 2.05) is 13.8 Å². The number of hydrogen-bond acceptors (Lipinski definition) is 3. The van der Waals surface area contributed by atoms with Gasteiger partial charge >= 0.3 is 11.9 Å². The number of nitrogens with two attached hydrogens (primary N) is 1. The summed E-state index contributed by atoms with van der Waals surface area (Å²) < 4.78 is 0. The summed E-state index contributed by atoms with van der Waals surface area (Å²) >= 11 is 0. The van der Waals surface area contributed by atoms with Crippen LogP contribution < -0.4 is 5.73 Å². The highest BCUT2D eigenvalue weighted by Crippen LogP contribution is 2.14. The van der Waals surface area contributed by atoms with Crippen LogP contribution in [0.5, 0.6) is 0 Å². The molecule has 4 N–H and O–H groups in total. The molecule has 0 rings (SSSR count). The smallest absolute Gasteiger partial charge is 0.321 e. The Morgan fingerprint density at radius 1 is 1.23 bits per heavy atom. The minimum Gasteiger partial charge on any atom is -0.481 e. The molecule has 5 nitrogen and oxygen atoms in total. The van der Waals surface area contributed by atoms with Gasteiger partial charge in [-0.3, -0.25) is 9.59 Å². The van der Waals surface area contributed by atoms with E-state index in [4.69, 9.17) is 15.9 Å². The standard InChI is InChI=1S/C8H15NO4/c1-4(2)3-5(7(10)11)6(9)8(12)13/h4-6H,3,9H2,1-2H3,(H,10,11)(H,12,13)/t5-,6-/m1/s1. The predicted molar refractivity (Wildman–Crippen MR) is 46.2 cm³/mol. The topological polar surface area (TPSA) is 101 Å². The maximum atomic E-state index is 10.6. The molecule has 0 aromatic rings. The maximum absolute atomic E-state index is 10.6. The molecule has 0 unspecified atom stereocenters. The average Bonchev–Trinajstić information content (AvgIpc) is 1.97. The Bertz CT molecular complexity index is 202. The molecular weight excluding hydrogens is 174 g/mol. The van der Waals surface area contributed by atoms with Crippen LogP contribution in [0.4, 0.5) is 0 Å². The lowest BCUT2D eigenvalue weighted by Gasteiger charge is -2.17. The van der Waals surface area contributed by atoms with Gasteiger partial charge in [-0.1, -0.05) is 13.8 Å². The maximum Gasteiger partial charge on any atom is 0.321 e. The Kier molecular flexibility index (Phi) is 4.40. The quantitative estimate of drug-likeness (QED) is 0.571. The number of hydrogen-bond donors (Lipinski definition) is 3. The van der Waals surface area contributed by atoms with E-state index in [0.717, 1.165) is 0 Å². The normalized spacial score (nSPS) is 15.4. The fraction of sp³-hybridized carbons (Fsp3) is 0.750. The molecule has 0 bridgehead atoms. The fourth-order valence-corrected chi connectivity index (χ4v) is 1.08. The summed E-state index contributed by atoms with van der Waals surface area (Å²) in [6.07, 6.45) is 0.281.